The molecular formula is C9H13ClN2O2. The van der Waals surface area contributed by atoms with Crippen molar-refractivity contribution in [1.82, 2.24) is 9.97 Å². The summed E-state index contributed by atoms with van der Waals surface area (Å²) in [7, 11) is 0. The smallest absolute Gasteiger partial charge is 0.147 e. The van der Waals surface area contributed by atoms with E-state index >= 15 is 0 Å². The van der Waals surface area contributed by atoms with Gasteiger partial charge in [0.15, 0.2) is 0 Å². The Hall–Kier alpha value is -0.710. The number of halogens is 1. The van der Waals surface area contributed by atoms with Crippen LogP contribution in [0.3, 0.4) is 0 Å². The largest absolute Gasteiger partial charge is 0.379 e. The fraction of sp³-hybridized carbons (Fsp3) is 0.556. The SMILES string of the molecule is CCOCCOCc1cnc(Cl)cn1. The summed E-state index contributed by atoms with van der Waals surface area (Å²) in [6.45, 7) is 4.28. The van der Waals surface area contributed by atoms with Gasteiger partial charge in [0.05, 0.1) is 37.9 Å². The minimum Gasteiger partial charge on any atom is -0.379 e. The van der Waals surface area contributed by atoms with Crippen molar-refractivity contribution >= 4 is 11.6 Å². The number of aromatic nitrogens is 2. The summed E-state index contributed by atoms with van der Waals surface area (Å²) in [5.74, 6) is 0. The topological polar surface area (TPSA) is 44.2 Å². The van der Waals surface area contributed by atoms with Gasteiger partial charge in [-0.2, -0.15) is 0 Å². The Kier molecular flexibility index (Phi) is 5.44. The van der Waals surface area contributed by atoms with Gasteiger partial charge in [-0.05, 0) is 6.92 Å². The maximum atomic E-state index is 5.58. The van der Waals surface area contributed by atoms with E-state index in [1.54, 1.807) is 6.20 Å². The second-order valence-corrected chi connectivity index (χ2v) is 2.97. The van der Waals surface area contributed by atoms with Crippen LogP contribution in [0.4, 0.5) is 0 Å². The molecule has 14 heavy (non-hydrogen) atoms. The summed E-state index contributed by atoms with van der Waals surface area (Å²) in [4.78, 5) is 7.92. The molecular weight excluding hydrogens is 204 g/mol. The van der Waals surface area contributed by atoms with Crippen LogP contribution in [-0.4, -0.2) is 29.8 Å². The molecule has 1 aromatic rings. The van der Waals surface area contributed by atoms with E-state index < -0.39 is 0 Å². The second kappa shape index (κ2) is 6.70. The first-order valence-electron chi connectivity index (χ1n) is 4.45. The highest BCUT2D eigenvalue weighted by Crippen LogP contribution is 2.01. The van der Waals surface area contributed by atoms with E-state index in [9.17, 15) is 0 Å². The normalized spacial score (nSPS) is 10.4. The minimum absolute atomic E-state index is 0.392. The van der Waals surface area contributed by atoms with Crippen molar-refractivity contribution in [3.63, 3.8) is 0 Å². The van der Waals surface area contributed by atoms with Gasteiger partial charge in [-0.3, -0.25) is 4.98 Å². The molecule has 0 amide bonds. The summed E-state index contributed by atoms with van der Waals surface area (Å²) in [5, 5.41) is 0.392. The molecule has 0 saturated heterocycles. The minimum atomic E-state index is 0.392. The molecule has 1 heterocycles. The highest BCUT2D eigenvalue weighted by Gasteiger charge is 1.95. The summed E-state index contributed by atoms with van der Waals surface area (Å²) in [6, 6.07) is 0. The van der Waals surface area contributed by atoms with Crippen LogP contribution < -0.4 is 0 Å². The standard InChI is InChI=1S/C9H13ClN2O2/c1-2-13-3-4-14-7-8-5-12-9(10)6-11-8/h5-6H,2-4,7H2,1H3. The molecule has 0 atom stereocenters. The van der Waals surface area contributed by atoms with E-state index in [0.29, 0.717) is 31.6 Å². The summed E-state index contributed by atoms with van der Waals surface area (Å²) < 4.78 is 10.4. The Morgan fingerprint density at radius 2 is 2.00 bits per heavy atom. The molecule has 0 spiro atoms. The zero-order valence-corrected chi connectivity index (χ0v) is 8.83. The number of nitrogens with zero attached hydrogens (tertiary/aromatic N) is 2. The lowest BCUT2D eigenvalue weighted by Gasteiger charge is -2.03. The molecule has 1 aromatic heterocycles. The van der Waals surface area contributed by atoms with E-state index in [1.165, 1.54) is 6.20 Å². The number of hydrogen-bond acceptors (Lipinski definition) is 4. The van der Waals surface area contributed by atoms with Crippen LogP contribution in [0.2, 0.25) is 5.15 Å². The van der Waals surface area contributed by atoms with Crippen molar-refractivity contribution < 1.29 is 9.47 Å². The van der Waals surface area contributed by atoms with Crippen molar-refractivity contribution in [2.24, 2.45) is 0 Å². The number of ether oxygens (including phenoxy) is 2. The lowest BCUT2D eigenvalue weighted by molar-refractivity contribution is 0.0440. The monoisotopic (exact) mass is 216 g/mol. The first-order valence-corrected chi connectivity index (χ1v) is 4.82. The molecule has 0 unspecified atom stereocenters. The fourth-order valence-electron chi connectivity index (χ4n) is 0.852. The number of hydrogen-bond donors (Lipinski definition) is 0. The van der Waals surface area contributed by atoms with Gasteiger partial charge in [-0.15, -0.1) is 0 Å². The molecule has 0 radical (unpaired) electrons. The van der Waals surface area contributed by atoms with E-state index in [0.717, 1.165) is 5.69 Å². The maximum absolute atomic E-state index is 5.58. The van der Waals surface area contributed by atoms with Gasteiger partial charge in [-0.1, -0.05) is 11.6 Å². The second-order valence-electron chi connectivity index (χ2n) is 2.58. The van der Waals surface area contributed by atoms with Crippen LogP contribution >= 0.6 is 11.6 Å². The molecule has 0 saturated carbocycles. The zero-order chi connectivity index (χ0) is 10.2. The number of rotatable bonds is 6. The third kappa shape index (κ3) is 4.50. The Morgan fingerprint density at radius 1 is 1.21 bits per heavy atom. The molecule has 0 aliphatic heterocycles. The van der Waals surface area contributed by atoms with Crippen LogP contribution in [-0.2, 0) is 16.1 Å². The highest BCUT2D eigenvalue weighted by atomic mass is 35.5. The molecule has 0 N–H and O–H groups in total. The Morgan fingerprint density at radius 3 is 2.64 bits per heavy atom. The van der Waals surface area contributed by atoms with Crippen molar-refractivity contribution in [2.45, 2.75) is 13.5 Å². The van der Waals surface area contributed by atoms with Gasteiger partial charge < -0.3 is 9.47 Å². The first kappa shape index (κ1) is 11.4. The van der Waals surface area contributed by atoms with Gasteiger partial charge in [-0.25, -0.2) is 4.98 Å². The van der Waals surface area contributed by atoms with Crippen LogP contribution in [0.15, 0.2) is 12.4 Å². The molecule has 1 rings (SSSR count). The molecule has 0 aliphatic carbocycles. The van der Waals surface area contributed by atoms with E-state index in [1.807, 2.05) is 6.92 Å². The third-order valence-electron chi connectivity index (χ3n) is 1.50. The van der Waals surface area contributed by atoms with Gasteiger partial charge >= 0.3 is 0 Å². The lowest BCUT2D eigenvalue weighted by Crippen LogP contribution is -2.04. The summed E-state index contributed by atoms with van der Waals surface area (Å²) in [5.41, 5.74) is 0.769. The van der Waals surface area contributed by atoms with Crippen LogP contribution in [0.1, 0.15) is 12.6 Å². The molecule has 78 valence electrons. The average Bonchev–Trinajstić information content (AvgIpc) is 2.21. The predicted molar refractivity (Wildman–Crippen MR) is 53.2 cm³/mol. The molecule has 5 heteroatoms. The summed E-state index contributed by atoms with van der Waals surface area (Å²) >= 11 is 5.58. The molecule has 4 nitrogen and oxygen atoms in total. The molecule has 0 aromatic carbocycles. The highest BCUT2D eigenvalue weighted by molar-refractivity contribution is 6.29. The maximum Gasteiger partial charge on any atom is 0.147 e. The van der Waals surface area contributed by atoms with Crippen molar-refractivity contribution in [3.05, 3.63) is 23.2 Å². The lowest BCUT2D eigenvalue weighted by atomic mass is 10.5. The first-order chi connectivity index (χ1) is 6.83. The Bertz CT molecular complexity index is 253. The van der Waals surface area contributed by atoms with Crippen LogP contribution in [0.5, 0.6) is 0 Å². The van der Waals surface area contributed by atoms with Crippen molar-refractivity contribution in [3.8, 4) is 0 Å². The average molecular weight is 217 g/mol. The third-order valence-corrected chi connectivity index (χ3v) is 1.70. The van der Waals surface area contributed by atoms with Crippen molar-refractivity contribution in [2.75, 3.05) is 19.8 Å². The van der Waals surface area contributed by atoms with Gasteiger partial charge in [0.25, 0.3) is 0 Å². The van der Waals surface area contributed by atoms with Gasteiger partial charge in [0.1, 0.15) is 5.15 Å². The fourth-order valence-corrected chi connectivity index (χ4v) is 0.950. The molecule has 0 aliphatic rings. The molecule has 0 fully saturated rings. The van der Waals surface area contributed by atoms with Crippen molar-refractivity contribution in [1.29, 1.82) is 0 Å². The quantitative estimate of drug-likeness (QED) is 0.679. The van der Waals surface area contributed by atoms with Gasteiger partial charge in [0.2, 0.25) is 0 Å². The predicted octanol–water partition coefficient (Wildman–Crippen LogP) is 1.68. The van der Waals surface area contributed by atoms with Gasteiger partial charge in [0, 0.05) is 6.61 Å². The summed E-state index contributed by atoms with van der Waals surface area (Å²) in [6.07, 6.45) is 3.10. The van der Waals surface area contributed by atoms with E-state index in [2.05, 4.69) is 9.97 Å². The molecule has 0 bridgehead atoms. The Labute approximate surface area is 88.2 Å². The zero-order valence-electron chi connectivity index (χ0n) is 8.07. The Balaban J connectivity index is 2.15. The van der Waals surface area contributed by atoms with Crippen LogP contribution in [0, 0.1) is 0 Å². The van der Waals surface area contributed by atoms with Crippen LogP contribution in [0.25, 0.3) is 0 Å². The van der Waals surface area contributed by atoms with E-state index in [4.69, 9.17) is 21.1 Å². The van der Waals surface area contributed by atoms with E-state index in [-0.39, 0.29) is 0 Å².